The number of hydrogen-bond donors (Lipinski definition) is 2. The number of nitrogens with one attached hydrogen (secondary N) is 1. The van der Waals surface area contributed by atoms with Gasteiger partial charge >= 0.3 is 5.97 Å². The lowest BCUT2D eigenvalue weighted by molar-refractivity contribution is -0.143. The molecule has 1 aromatic rings. The third-order valence-corrected chi connectivity index (χ3v) is 2.38. The summed E-state index contributed by atoms with van der Waals surface area (Å²) in [4.78, 5) is 15.6. The fourth-order valence-electron chi connectivity index (χ4n) is 1.35. The van der Waals surface area contributed by atoms with Gasteiger partial charge < -0.3 is 15.8 Å². The fourth-order valence-corrected chi connectivity index (χ4v) is 1.47. The van der Waals surface area contributed by atoms with Crippen molar-refractivity contribution in [3.63, 3.8) is 0 Å². The molecule has 0 amide bonds. The first kappa shape index (κ1) is 14.4. The lowest BCUT2D eigenvalue weighted by atomic mass is 10.3. The number of pyridine rings is 1. The third kappa shape index (κ3) is 5.09. The Balaban J connectivity index is 2.33. The van der Waals surface area contributed by atoms with Crippen LogP contribution in [0.4, 0.5) is 5.82 Å². The highest BCUT2D eigenvalue weighted by molar-refractivity contribution is 7.80. The Hall–Kier alpha value is -1.69. The standard InChI is InChI=1S/C12H17N3O2S/c1-2-17-11(16)7-4-8-14-10-6-3-5-9(15-10)12(13)18/h3,5-6H,2,4,7-8H2,1H3,(H2,13,18)(H,14,15). The first-order valence-electron chi connectivity index (χ1n) is 5.80. The number of ether oxygens (including phenoxy) is 1. The van der Waals surface area contributed by atoms with Crippen LogP contribution in [0, 0.1) is 0 Å². The Bertz CT molecular complexity index is 424. The van der Waals surface area contributed by atoms with Crippen LogP contribution in [0.2, 0.25) is 0 Å². The average molecular weight is 267 g/mol. The molecule has 0 aromatic carbocycles. The van der Waals surface area contributed by atoms with E-state index >= 15 is 0 Å². The quantitative estimate of drug-likeness (QED) is 0.442. The van der Waals surface area contributed by atoms with Gasteiger partial charge in [0.25, 0.3) is 0 Å². The second-order valence-corrected chi connectivity index (χ2v) is 4.05. The maximum atomic E-state index is 11.1. The molecule has 0 spiro atoms. The Labute approximate surface area is 112 Å². The number of rotatable bonds is 7. The molecule has 18 heavy (non-hydrogen) atoms. The number of carbonyl (C=O) groups is 1. The van der Waals surface area contributed by atoms with Crippen LogP contribution in [0.1, 0.15) is 25.5 Å². The van der Waals surface area contributed by atoms with Gasteiger partial charge in [0.1, 0.15) is 10.8 Å². The van der Waals surface area contributed by atoms with E-state index in [1.54, 1.807) is 13.0 Å². The molecule has 0 saturated heterocycles. The minimum absolute atomic E-state index is 0.177. The predicted molar refractivity (Wildman–Crippen MR) is 74.5 cm³/mol. The summed E-state index contributed by atoms with van der Waals surface area (Å²) in [5, 5.41) is 3.10. The molecule has 5 nitrogen and oxygen atoms in total. The van der Waals surface area contributed by atoms with Crippen LogP contribution < -0.4 is 11.1 Å². The lowest BCUT2D eigenvalue weighted by Gasteiger charge is -2.06. The summed E-state index contributed by atoms with van der Waals surface area (Å²) in [5.74, 6) is 0.522. The zero-order chi connectivity index (χ0) is 13.4. The molecule has 1 heterocycles. The van der Waals surface area contributed by atoms with Crippen molar-refractivity contribution in [2.75, 3.05) is 18.5 Å². The number of aromatic nitrogens is 1. The fraction of sp³-hybridized carbons (Fsp3) is 0.417. The van der Waals surface area contributed by atoms with E-state index in [1.165, 1.54) is 0 Å². The summed E-state index contributed by atoms with van der Waals surface area (Å²) in [6, 6.07) is 5.41. The first-order chi connectivity index (χ1) is 8.63. The highest BCUT2D eigenvalue weighted by Gasteiger charge is 2.02. The van der Waals surface area contributed by atoms with E-state index in [1.807, 2.05) is 12.1 Å². The number of anilines is 1. The highest BCUT2D eigenvalue weighted by atomic mass is 32.1. The minimum atomic E-state index is -0.177. The Kier molecular flexibility index (Phi) is 6.07. The van der Waals surface area contributed by atoms with Crippen molar-refractivity contribution in [2.45, 2.75) is 19.8 Å². The Morgan fingerprint density at radius 2 is 2.33 bits per heavy atom. The van der Waals surface area contributed by atoms with Gasteiger partial charge in [0.05, 0.1) is 12.3 Å². The van der Waals surface area contributed by atoms with Crippen LogP contribution in [0.15, 0.2) is 18.2 Å². The first-order valence-corrected chi connectivity index (χ1v) is 6.20. The van der Waals surface area contributed by atoms with Gasteiger partial charge in [-0.25, -0.2) is 4.98 Å². The van der Waals surface area contributed by atoms with E-state index < -0.39 is 0 Å². The van der Waals surface area contributed by atoms with E-state index in [0.29, 0.717) is 37.5 Å². The number of nitrogens with two attached hydrogens (primary N) is 1. The molecule has 0 aliphatic rings. The lowest BCUT2D eigenvalue weighted by Crippen LogP contribution is -2.13. The molecule has 0 atom stereocenters. The molecular weight excluding hydrogens is 250 g/mol. The van der Waals surface area contributed by atoms with Crippen molar-refractivity contribution < 1.29 is 9.53 Å². The molecule has 6 heteroatoms. The van der Waals surface area contributed by atoms with Crippen molar-refractivity contribution >= 4 is 29.0 Å². The SMILES string of the molecule is CCOC(=O)CCCNc1cccc(C(N)=S)n1. The van der Waals surface area contributed by atoms with Crippen molar-refractivity contribution in [2.24, 2.45) is 5.73 Å². The topological polar surface area (TPSA) is 77.2 Å². The largest absolute Gasteiger partial charge is 0.466 e. The molecule has 0 radical (unpaired) electrons. The number of hydrogen-bond acceptors (Lipinski definition) is 5. The molecule has 0 unspecified atom stereocenters. The number of esters is 1. The summed E-state index contributed by atoms with van der Waals surface area (Å²) in [6.07, 6.45) is 1.09. The number of thiocarbonyl (C=S) groups is 1. The number of carbonyl (C=O) groups excluding carboxylic acids is 1. The summed E-state index contributed by atoms with van der Waals surface area (Å²) >= 11 is 4.85. The van der Waals surface area contributed by atoms with Gasteiger partial charge in [-0.1, -0.05) is 18.3 Å². The van der Waals surface area contributed by atoms with Crippen molar-refractivity contribution in [1.29, 1.82) is 0 Å². The summed E-state index contributed by atoms with van der Waals surface area (Å²) < 4.78 is 4.83. The van der Waals surface area contributed by atoms with Crippen LogP contribution in [0.3, 0.4) is 0 Å². The van der Waals surface area contributed by atoms with E-state index in [9.17, 15) is 4.79 Å². The zero-order valence-electron chi connectivity index (χ0n) is 10.3. The normalized spacial score (nSPS) is 9.83. The molecule has 98 valence electrons. The van der Waals surface area contributed by atoms with Crippen LogP contribution in [-0.4, -0.2) is 29.1 Å². The van der Waals surface area contributed by atoms with Crippen LogP contribution >= 0.6 is 12.2 Å². The second-order valence-electron chi connectivity index (χ2n) is 3.61. The molecule has 1 aromatic heterocycles. The molecule has 0 aliphatic carbocycles. The maximum Gasteiger partial charge on any atom is 0.305 e. The summed E-state index contributed by atoms with van der Waals surface area (Å²) in [7, 11) is 0. The molecule has 0 fully saturated rings. The monoisotopic (exact) mass is 267 g/mol. The van der Waals surface area contributed by atoms with Crippen molar-refractivity contribution in [1.82, 2.24) is 4.98 Å². The molecule has 0 aliphatic heterocycles. The molecular formula is C12H17N3O2S. The van der Waals surface area contributed by atoms with Gasteiger partial charge in [-0.2, -0.15) is 0 Å². The van der Waals surface area contributed by atoms with Gasteiger partial charge in [-0.3, -0.25) is 4.79 Å². The Morgan fingerprint density at radius 3 is 3.00 bits per heavy atom. The average Bonchev–Trinajstić information content (AvgIpc) is 2.35. The van der Waals surface area contributed by atoms with Crippen molar-refractivity contribution in [3.05, 3.63) is 23.9 Å². The zero-order valence-corrected chi connectivity index (χ0v) is 11.1. The molecule has 1 rings (SSSR count). The molecule has 0 bridgehead atoms. The van der Waals surface area contributed by atoms with Gasteiger partial charge in [0.15, 0.2) is 0 Å². The van der Waals surface area contributed by atoms with E-state index in [4.69, 9.17) is 22.7 Å². The van der Waals surface area contributed by atoms with E-state index in [0.717, 1.165) is 0 Å². The Morgan fingerprint density at radius 1 is 1.56 bits per heavy atom. The van der Waals surface area contributed by atoms with Gasteiger partial charge in [-0.15, -0.1) is 0 Å². The third-order valence-electron chi connectivity index (χ3n) is 2.17. The van der Waals surface area contributed by atoms with Crippen LogP contribution in [0.25, 0.3) is 0 Å². The maximum absolute atomic E-state index is 11.1. The minimum Gasteiger partial charge on any atom is -0.466 e. The second kappa shape index (κ2) is 7.60. The number of nitrogens with zero attached hydrogens (tertiary/aromatic N) is 1. The van der Waals surface area contributed by atoms with Crippen LogP contribution in [0.5, 0.6) is 0 Å². The van der Waals surface area contributed by atoms with Crippen molar-refractivity contribution in [3.8, 4) is 0 Å². The predicted octanol–water partition coefficient (Wildman–Crippen LogP) is 1.47. The summed E-state index contributed by atoms with van der Waals surface area (Å²) in [6.45, 7) is 2.86. The highest BCUT2D eigenvalue weighted by Crippen LogP contribution is 2.05. The summed E-state index contributed by atoms with van der Waals surface area (Å²) in [5.41, 5.74) is 6.07. The van der Waals surface area contributed by atoms with Crippen LogP contribution in [-0.2, 0) is 9.53 Å². The molecule has 3 N–H and O–H groups in total. The van der Waals surface area contributed by atoms with Gasteiger partial charge in [-0.05, 0) is 25.5 Å². The van der Waals surface area contributed by atoms with E-state index in [-0.39, 0.29) is 11.0 Å². The van der Waals surface area contributed by atoms with E-state index in [2.05, 4.69) is 10.3 Å². The molecule has 0 saturated carbocycles. The van der Waals surface area contributed by atoms with Gasteiger partial charge in [0, 0.05) is 13.0 Å². The smallest absolute Gasteiger partial charge is 0.305 e. The van der Waals surface area contributed by atoms with Gasteiger partial charge in [0.2, 0.25) is 0 Å².